The molecule has 2 aromatic carbocycles. The van der Waals surface area contributed by atoms with E-state index in [-0.39, 0.29) is 11.9 Å². The van der Waals surface area contributed by atoms with Crippen LogP contribution in [0.15, 0.2) is 48.5 Å². The third-order valence-electron chi connectivity index (χ3n) is 4.31. The maximum Gasteiger partial charge on any atom is 0.416 e. The van der Waals surface area contributed by atoms with E-state index in [1.165, 1.54) is 29.2 Å². The smallest absolute Gasteiger partial charge is 0.331 e. The van der Waals surface area contributed by atoms with Crippen LogP contribution >= 0.6 is 0 Å². The minimum atomic E-state index is -4.44. The zero-order valence-corrected chi connectivity index (χ0v) is 14.6. The molecule has 0 saturated carbocycles. The topological polar surface area (TPSA) is 32.3 Å². The third-order valence-corrected chi connectivity index (χ3v) is 4.31. The summed E-state index contributed by atoms with van der Waals surface area (Å²) in [5.41, 5.74) is 0.343. The van der Waals surface area contributed by atoms with Crippen molar-refractivity contribution in [3.63, 3.8) is 0 Å². The zero-order chi connectivity index (χ0) is 19.5. The Kier molecular flexibility index (Phi) is 5.90. The number of nitrogens with zero attached hydrogens (tertiary/aromatic N) is 1. The van der Waals surface area contributed by atoms with Crippen LogP contribution in [-0.4, -0.2) is 18.0 Å². The highest BCUT2D eigenvalue weighted by atomic mass is 19.4. The summed E-state index contributed by atoms with van der Waals surface area (Å²) in [4.78, 5) is 13.8. The van der Waals surface area contributed by atoms with Crippen LogP contribution in [-0.2, 0) is 6.18 Å². The van der Waals surface area contributed by atoms with Crippen molar-refractivity contribution < 1.29 is 22.4 Å². The lowest BCUT2D eigenvalue weighted by Gasteiger charge is -2.27. The summed E-state index contributed by atoms with van der Waals surface area (Å²) in [7, 11) is 1.57. The van der Waals surface area contributed by atoms with Crippen LogP contribution in [0.25, 0.3) is 0 Å². The summed E-state index contributed by atoms with van der Waals surface area (Å²) in [5, 5.41) is 2.68. The summed E-state index contributed by atoms with van der Waals surface area (Å²) < 4.78 is 51.5. The lowest BCUT2D eigenvalue weighted by atomic mass is 10.0. The van der Waals surface area contributed by atoms with Gasteiger partial charge >= 0.3 is 12.2 Å². The van der Waals surface area contributed by atoms with Crippen molar-refractivity contribution in [3.8, 4) is 0 Å². The van der Waals surface area contributed by atoms with Gasteiger partial charge in [-0.25, -0.2) is 9.18 Å². The molecule has 0 spiro atoms. The van der Waals surface area contributed by atoms with Gasteiger partial charge in [-0.3, -0.25) is 0 Å². The van der Waals surface area contributed by atoms with Crippen molar-refractivity contribution in [2.24, 2.45) is 0 Å². The molecule has 2 aromatic rings. The molecule has 0 aliphatic carbocycles. The van der Waals surface area contributed by atoms with Crippen LogP contribution < -0.4 is 5.32 Å². The molecular formula is C19H20F4N2O. The number of nitrogens with one attached hydrogen (secondary N) is 1. The number of urea groups is 1. The van der Waals surface area contributed by atoms with Crippen LogP contribution in [0.3, 0.4) is 0 Å². The third kappa shape index (κ3) is 4.74. The molecule has 0 aliphatic rings. The predicted molar refractivity (Wildman–Crippen MR) is 91.0 cm³/mol. The highest BCUT2D eigenvalue weighted by Gasteiger charge is 2.31. The van der Waals surface area contributed by atoms with Gasteiger partial charge in [0, 0.05) is 7.05 Å². The van der Waals surface area contributed by atoms with Crippen LogP contribution in [0.4, 0.5) is 22.4 Å². The molecule has 3 nitrogen and oxygen atoms in total. The Balaban J connectivity index is 2.07. The number of amides is 2. The largest absolute Gasteiger partial charge is 0.416 e. The van der Waals surface area contributed by atoms with Gasteiger partial charge < -0.3 is 10.2 Å². The van der Waals surface area contributed by atoms with Gasteiger partial charge in [-0.2, -0.15) is 13.2 Å². The molecule has 26 heavy (non-hydrogen) atoms. The fraction of sp³-hybridized carbons (Fsp3) is 0.316. The molecule has 0 aromatic heterocycles. The first-order chi connectivity index (χ1) is 12.1. The van der Waals surface area contributed by atoms with E-state index >= 15 is 0 Å². The summed E-state index contributed by atoms with van der Waals surface area (Å²) in [6.07, 6.45) is -4.44. The van der Waals surface area contributed by atoms with E-state index in [4.69, 9.17) is 0 Å². The molecule has 2 amide bonds. The normalized spacial score (nSPS) is 13.8. The van der Waals surface area contributed by atoms with Crippen LogP contribution in [0, 0.1) is 5.82 Å². The van der Waals surface area contributed by atoms with Crippen molar-refractivity contribution in [3.05, 3.63) is 71.0 Å². The molecule has 0 saturated heterocycles. The van der Waals surface area contributed by atoms with Crippen molar-refractivity contribution in [1.82, 2.24) is 10.2 Å². The molecule has 7 heteroatoms. The maximum absolute atomic E-state index is 13.0. The Labute approximate surface area is 149 Å². The lowest BCUT2D eigenvalue weighted by Crippen LogP contribution is -2.40. The van der Waals surface area contributed by atoms with Gasteiger partial charge in [0.15, 0.2) is 0 Å². The molecule has 0 radical (unpaired) electrons. The maximum atomic E-state index is 13.0. The van der Waals surface area contributed by atoms with Crippen LogP contribution in [0.2, 0.25) is 0 Å². The van der Waals surface area contributed by atoms with Crippen molar-refractivity contribution in [1.29, 1.82) is 0 Å². The van der Waals surface area contributed by atoms with E-state index in [2.05, 4.69) is 5.32 Å². The molecule has 0 aliphatic heterocycles. The molecule has 0 bridgehead atoms. The van der Waals surface area contributed by atoms with Gasteiger partial charge in [0.25, 0.3) is 0 Å². The molecular weight excluding hydrogens is 348 g/mol. The van der Waals surface area contributed by atoms with Crippen molar-refractivity contribution >= 4 is 6.03 Å². The van der Waals surface area contributed by atoms with Crippen molar-refractivity contribution in [2.45, 2.75) is 32.1 Å². The number of benzene rings is 2. The Morgan fingerprint density at radius 3 is 2.23 bits per heavy atom. The SMILES string of the molecule is CC(NC(=O)N(C)C(C)c1ccc(F)cc1)c1cccc(C(F)(F)F)c1. The van der Waals surface area contributed by atoms with E-state index in [9.17, 15) is 22.4 Å². The molecule has 2 rings (SSSR count). The first-order valence-corrected chi connectivity index (χ1v) is 8.05. The van der Waals surface area contributed by atoms with E-state index in [0.717, 1.165) is 17.7 Å². The second-order valence-corrected chi connectivity index (χ2v) is 6.13. The second kappa shape index (κ2) is 7.76. The first-order valence-electron chi connectivity index (χ1n) is 8.05. The first kappa shape index (κ1) is 19.8. The lowest BCUT2D eigenvalue weighted by molar-refractivity contribution is -0.137. The van der Waals surface area contributed by atoms with Crippen LogP contribution in [0.1, 0.15) is 42.6 Å². The average molecular weight is 368 g/mol. The number of carbonyl (C=O) groups is 1. The Morgan fingerprint density at radius 2 is 1.65 bits per heavy atom. The molecule has 2 atom stereocenters. The van der Waals surface area contributed by atoms with E-state index < -0.39 is 23.8 Å². The number of alkyl halides is 3. The highest BCUT2D eigenvalue weighted by molar-refractivity contribution is 5.75. The van der Waals surface area contributed by atoms with Crippen molar-refractivity contribution in [2.75, 3.05) is 7.05 Å². The fourth-order valence-electron chi connectivity index (χ4n) is 2.50. The number of carbonyl (C=O) groups excluding carboxylic acids is 1. The molecule has 140 valence electrons. The van der Waals surface area contributed by atoms with Crippen LogP contribution in [0.5, 0.6) is 0 Å². The number of rotatable bonds is 4. The van der Waals surface area contributed by atoms with Gasteiger partial charge in [-0.1, -0.05) is 24.3 Å². The Morgan fingerprint density at radius 1 is 1.04 bits per heavy atom. The standard InChI is InChI=1S/C19H20F4N2O/c1-12(15-5-4-6-16(11-15)19(21,22)23)24-18(26)25(3)13(2)14-7-9-17(20)10-8-14/h4-13H,1-3H3,(H,24,26). The Bertz CT molecular complexity index is 759. The average Bonchev–Trinajstić information content (AvgIpc) is 2.60. The molecule has 1 N–H and O–H groups in total. The van der Waals surface area contributed by atoms with E-state index in [1.54, 1.807) is 33.0 Å². The quantitative estimate of drug-likeness (QED) is 0.729. The molecule has 2 unspecified atom stereocenters. The predicted octanol–water partition coefficient (Wildman–Crippen LogP) is 5.31. The zero-order valence-electron chi connectivity index (χ0n) is 14.6. The molecule has 0 heterocycles. The summed E-state index contributed by atoms with van der Waals surface area (Å²) in [6, 6.07) is 9.26. The second-order valence-electron chi connectivity index (χ2n) is 6.13. The highest BCUT2D eigenvalue weighted by Crippen LogP contribution is 2.30. The van der Waals surface area contributed by atoms with Gasteiger partial charge in [-0.15, -0.1) is 0 Å². The fourth-order valence-corrected chi connectivity index (χ4v) is 2.50. The monoisotopic (exact) mass is 368 g/mol. The number of hydrogen-bond donors (Lipinski definition) is 1. The Hall–Kier alpha value is -2.57. The van der Waals surface area contributed by atoms with E-state index in [1.807, 2.05) is 0 Å². The summed E-state index contributed by atoms with van der Waals surface area (Å²) >= 11 is 0. The number of halogens is 4. The number of hydrogen-bond acceptors (Lipinski definition) is 1. The van der Waals surface area contributed by atoms with E-state index in [0.29, 0.717) is 5.56 Å². The minimum Gasteiger partial charge on any atom is -0.331 e. The van der Waals surface area contributed by atoms with Gasteiger partial charge in [-0.05, 0) is 49.2 Å². The summed E-state index contributed by atoms with van der Waals surface area (Å²) in [5.74, 6) is -0.369. The van der Waals surface area contributed by atoms with Gasteiger partial charge in [0.1, 0.15) is 5.82 Å². The molecule has 0 fully saturated rings. The minimum absolute atomic E-state index is 0.329. The summed E-state index contributed by atoms with van der Waals surface area (Å²) in [6.45, 7) is 3.39. The van der Waals surface area contributed by atoms with Gasteiger partial charge in [0.2, 0.25) is 0 Å². The van der Waals surface area contributed by atoms with Gasteiger partial charge in [0.05, 0.1) is 17.6 Å².